The summed E-state index contributed by atoms with van der Waals surface area (Å²) < 4.78 is 0. The van der Waals surface area contributed by atoms with Gasteiger partial charge in [-0.25, -0.2) is 4.98 Å². The van der Waals surface area contributed by atoms with Crippen molar-refractivity contribution in [2.45, 2.75) is 26.2 Å². The summed E-state index contributed by atoms with van der Waals surface area (Å²) in [5, 5.41) is 3.30. The van der Waals surface area contributed by atoms with Crippen molar-refractivity contribution in [3.8, 4) is 11.3 Å². The minimum atomic E-state index is -0.192. The third-order valence-corrected chi connectivity index (χ3v) is 5.65. The van der Waals surface area contributed by atoms with Gasteiger partial charge in [-0.1, -0.05) is 47.7 Å². The Morgan fingerprint density at radius 1 is 1.04 bits per heavy atom. The Morgan fingerprint density at radius 2 is 1.81 bits per heavy atom. The monoisotopic (exact) mass is 362 g/mol. The molecule has 130 valence electrons. The van der Waals surface area contributed by atoms with Crippen molar-refractivity contribution >= 4 is 28.2 Å². The quantitative estimate of drug-likeness (QED) is 0.681. The van der Waals surface area contributed by atoms with Crippen LogP contribution in [0.1, 0.15) is 44.5 Å². The number of anilines is 1. The van der Waals surface area contributed by atoms with Gasteiger partial charge >= 0.3 is 0 Å². The molecule has 0 radical (unpaired) electrons. The number of rotatable bonds is 4. The van der Waals surface area contributed by atoms with E-state index >= 15 is 0 Å². The summed E-state index contributed by atoms with van der Waals surface area (Å²) in [6.45, 7) is 1.52. The summed E-state index contributed by atoms with van der Waals surface area (Å²) in [5.41, 5.74) is 4.71. The van der Waals surface area contributed by atoms with E-state index in [1.807, 2.05) is 48.5 Å². The van der Waals surface area contributed by atoms with E-state index in [2.05, 4.69) is 10.3 Å². The maximum Gasteiger partial charge on any atom is 0.257 e. The lowest BCUT2D eigenvalue weighted by atomic mass is 10.1. The zero-order valence-electron chi connectivity index (χ0n) is 14.4. The van der Waals surface area contributed by atoms with E-state index < -0.39 is 0 Å². The molecule has 0 saturated carbocycles. The van der Waals surface area contributed by atoms with Crippen molar-refractivity contribution in [1.29, 1.82) is 0 Å². The molecule has 0 bridgehead atoms. The number of carbonyl (C=O) groups is 2. The number of hydrogen-bond acceptors (Lipinski definition) is 4. The number of thiazole rings is 1. The second-order valence-corrected chi connectivity index (χ2v) is 7.41. The van der Waals surface area contributed by atoms with E-state index in [1.54, 1.807) is 0 Å². The van der Waals surface area contributed by atoms with Gasteiger partial charge in [-0.15, -0.1) is 0 Å². The Kier molecular flexibility index (Phi) is 4.39. The van der Waals surface area contributed by atoms with Crippen LogP contribution in [0.4, 0.5) is 5.13 Å². The van der Waals surface area contributed by atoms with E-state index in [4.69, 9.17) is 0 Å². The highest BCUT2D eigenvalue weighted by Gasteiger charge is 2.19. The van der Waals surface area contributed by atoms with E-state index in [0.717, 1.165) is 24.8 Å². The second-order valence-electron chi connectivity index (χ2n) is 6.41. The van der Waals surface area contributed by atoms with Gasteiger partial charge < -0.3 is 0 Å². The first-order chi connectivity index (χ1) is 12.6. The molecule has 2 aromatic carbocycles. The fourth-order valence-electron chi connectivity index (χ4n) is 3.29. The molecule has 0 saturated heterocycles. The molecule has 0 atom stereocenters. The Balaban J connectivity index is 1.62. The third-order valence-electron chi connectivity index (χ3n) is 4.58. The van der Waals surface area contributed by atoms with Gasteiger partial charge in [0.05, 0.1) is 10.6 Å². The number of fused-ring (bicyclic) bond motifs is 1. The standard InChI is InChI=1S/C21H18N2O2S/c1-13(24)19-18(15-6-3-2-4-7-15)22-21(26-19)23-20(25)17-11-10-14-8-5-9-16(14)12-17/h2-4,6-7,10-12H,5,8-9H2,1H3,(H,22,23,25). The van der Waals surface area contributed by atoms with E-state index in [9.17, 15) is 9.59 Å². The molecule has 0 spiro atoms. The van der Waals surface area contributed by atoms with Crippen molar-refractivity contribution in [3.63, 3.8) is 0 Å². The molecular weight excluding hydrogens is 344 g/mol. The molecule has 1 aromatic heterocycles. The fourth-order valence-corrected chi connectivity index (χ4v) is 4.16. The molecule has 1 N–H and O–H groups in total. The van der Waals surface area contributed by atoms with Gasteiger partial charge in [0, 0.05) is 18.1 Å². The van der Waals surface area contributed by atoms with Crippen molar-refractivity contribution in [2.24, 2.45) is 0 Å². The van der Waals surface area contributed by atoms with Crippen LogP contribution in [0.2, 0.25) is 0 Å². The Labute approximate surface area is 155 Å². The number of Topliss-reactive ketones (excluding diaryl/α,β-unsaturated/α-hetero) is 1. The molecule has 0 aliphatic heterocycles. The molecule has 0 fully saturated rings. The molecule has 26 heavy (non-hydrogen) atoms. The molecule has 1 amide bonds. The van der Waals surface area contributed by atoms with Crippen LogP contribution in [0.25, 0.3) is 11.3 Å². The first-order valence-electron chi connectivity index (χ1n) is 8.62. The second kappa shape index (κ2) is 6.84. The van der Waals surface area contributed by atoms with Gasteiger partial charge in [0.25, 0.3) is 5.91 Å². The van der Waals surface area contributed by atoms with Crippen LogP contribution in [-0.2, 0) is 12.8 Å². The molecule has 5 heteroatoms. The minimum Gasteiger partial charge on any atom is -0.298 e. The maximum atomic E-state index is 12.6. The minimum absolute atomic E-state index is 0.0561. The SMILES string of the molecule is CC(=O)c1sc(NC(=O)c2ccc3c(c2)CCC3)nc1-c1ccccc1. The lowest BCUT2D eigenvalue weighted by Gasteiger charge is -2.04. The summed E-state index contributed by atoms with van der Waals surface area (Å²) in [4.78, 5) is 29.7. The molecule has 1 aliphatic rings. The molecule has 4 rings (SSSR count). The highest BCUT2D eigenvalue weighted by molar-refractivity contribution is 7.18. The summed E-state index contributed by atoms with van der Waals surface area (Å²) in [6, 6.07) is 15.4. The number of aryl methyl sites for hydroxylation is 2. The average molecular weight is 362 g/mol. The number of benzene rings is 2. The van der Waals surface area contributed by atoms with Crippen molar-refractivity contribution in [1.82, 2.24) is 4.98 Å². The smallest absolute Gasteiger partial charge is 0.257 e. The molecule has 3 aromatic rings. The van der Waals surface area contributed by atoms with Crippen LogP contribution in [0.5, 0.6) is 0 Å². The third kappa shape index (κ3) is 3.18. The zero-order valence-corrected chi connectivity index (χ0v) is 15.2. The first kappa shape index (κ1) is 16.7. The molecule has 1 heterocycles. The van der Waals surface area contributed by atoms with Crippen LogP contribution < -0.4 is 5.32 Å². The van der Waals surface area contributed by atoms with Gasteiger partial charge in [0.2, 0.25) is 0 Å². The van der Waals surface area contributed by atoms with Crippen molar-refractivity contribution in [3.05, 3.63) is 70.1 Å². The van der Waals surface area contributed by atoms with Crippen LogP contribution in [0, 0.1) is 0 Å². The largest absolute Gasteiger partial charge is 0.298 e. The first-order valence-corrected chi connectivity index (χ1v) is 9.44. The van der Waals surface area contributed by atoms with Crippen molar-refractivity contribution in [2.75, 3.05) is 5.32 Å². The lowest BCUT2D eigenvalue weighted by molar-refractivity contribution is 0.101. The number of amides is 1. The van der Waals surface area contributed by atoms with Gasteiger partial charge in [-0.2, -0.15) is 0 Å². The number of nitrogens with one attached hydrogen (secondary N) is 1. The summed E-state index contributed by atoms with van der Waals surface area (Å²) >= 11 is 1.22. The number of carbonyl (C=O) groups excluding carboxylic acids is 2. The molecular formula is C21H18N2O2S. The highest BCUT2D eigenvalue weighted by atomic mass is 32.1. The average Bonchev–Trinajstić information content (AvgIpc) is 3.28. The van der Waals surface area contributed by atoms with Gasteiger partial charge in [0.1, 0.15) is 0 Å². The normalized spacial score (nSPS) is 12.7. The van der Waals surface area contributed by atoms with Crippen molar-refractivity contribution < 1.29 is 9.59 Å². The van der Waals surface area contributed by atoms with Crippen LogP contribution in [0.3, 0.4) is 0 Å². The predicted octanol–water partition coefficient (Wildman–Crippen LogP) is 4.75. The van der Waals surface area contributed by atoms with Gasteiger partial charge in [-0.3, -0.25) is 14.9 Å². The number of aromatic nitrogens is 1. The van der Waals surface area contributed by atoms with E-state index in [1.165, 1.54) is 29.4 Å². The molecule has 1 aliphatic carbocycles. The van der Waals surface area contributed by atoms with E-state index in [-0.39, 0.29) is 11.7 Å². The van der Waals surface area contributed by atoms with Crippen LogP contribution in [-0.4, -0.2) is 16.7 Å². The molecule has 4 nitrogen and oxygen atoms in total. The van der Waals surface area contributed by atoms with Gasteiger partial charge in [0.15, 0.2) is 10.9 Å². The molecule has 0 unspecified atom stereocenters. The predicted molar refractivity (Wildman–Crippen MR) is 104 cm³/mol. The number of ketones is 1. The Morgan fingerprint density at radius 3 is 2.58 bits per heavy atom. The highest BCUT2D eigenvalue weighted by Crippen LogP contribution is 2.32. The maximum absolute atomic E-state index is 12.6. The summed E-state index contributed by atoms with van der Waals surface area (Å²) in [5.74, 6) is -0.248. The summed E-state index contributed by atoms with van der Waals surface area (Å²) in [6.07, 6.45) is 3.27. The van der Waals surface area contributed by atoms with Crippen LogP contribution >= 0.6 is 11.3 Å². The fraction of sp³-hybridized carbons (Fsp3) is 0.190. The van der Waals surface area contributed by atoms with Gasteiger partial charge in [-0.05, 0) is 42.5 Å². The number of nitrogens with zero attached hydrogens (tertiary/aromatic N) is 1. The Hall–Kier alpha value is -2.79. The van der Waals surface area contributed by atoms with Crippen LogP contribution in [0.15, 0.2) is 48.5 Å². The lowest BCUT2D eigenvalue weighted by Crippen LogP contribution is -2.12. The topological polar surface area (TPSA) is 59.1 Å². The Bertz CT molecular complexity index is 993. The van der Waals surface area contributed by atoms with E-state index in [0.29, 0.717) is 21.3 Å². The number of hydrogen-bond donors (Lipinski definition) is 1. The summed E-state index contributed by atoms with van der Waals surface area (Å²) in [7, 11) is 0. The zero-order chi connectivity index (χ0) is 18.1.